The van der Waals surface area contributed by atoms with Crippen molar-refractivity contribution in [2.75, 3.05) is 25.0 Å². The van der Waals surface area contributed by atoms with E-state index in [0.29, 0.717) is 11.8 Å². The van der Waals surface area contributed by atoms with E-state index < -0.39 is 0 Å². The second-order valence-corrected chi connectivity index (χ2v) is 6.54. The number of carbonyl (C=O) groups excluding carboxylic acids is 1. The third-order valence-corrected chi connectivity index (χ3v) is 4.91. The molecule has 0 N–H and O–H groups in total. The van der Waals surface area contributed by atoms with Crippen LogP contribution in [-0.2, 0) is 11.3 Å². The largest absolute Gasteiger partial charge is 0.372 e. The molecule has 3 nitrogen and oxygen atoms in total. The van der Waals surface area contributed by atoms with E-state index in [-0.39, 0.29) is 0 Å². The second kappa shape index (κ2) is 6.50. The highest BCUT2D eigenvalue weighted by atomic mass is 16.2. The van der Waals surface area contributed by atoms with Crippen LogP contribution < -0.4 is 4.90 Å². The summed E-state index contributed by atoms with van der Waals surface area (Å²) in [5.74, 6) is 0.615. The molecule has 1 aliphatic carbocycles. The maximum atomic E-state index is 12.2. The predicted molar refractivity (Wildman–Crippen MR) is 86.3 cm³/mol. The Morgan fingerprint density at radius 1 is 1.10 bits per heavy atom. The van der Waals surface area contributed by atoms with Crippen LogP contribution in [0.15, 0.2) is 24.3 Å². The van der Waals surface area contributed by atoms with Crippen LogP contribution in [0.3, 0.4) is 0 Å². The zero-order valence-electron chi connectivity index (χ0n) is 13.1. The van der Waals surface area contributed by atoms with Gasteiger partial charge in [-0.2, -0.15) is 0 Å². The third-order valence-electron chi connectivity index (χ3n) is 4.91. The van der Waals surface area contributed by atoms with E-state index in [9.17, 15) is 4.79 Å². The molecule has 1 saturated carbocycles. The molecule has 0 unspecified atom stereocenters. The van der Waals surface area contributed by atoms with Crippen LogP contribution in [0.1, 0.15) is 44.1 Å². The Hall–Kier alpha value is -1.51. The van der Waals surface area contributed by atoms with E-state index in [2.05, 4.69) is 29.2 Å². The standard InChI is InChI=1S/C18H26N2O/c1-19(18(21)16-6-5-7-16)14-15-8-10-17(11-9-15)20-12-3-2-4-13-20/h8-11,16H,2-7,12-14H2,1H3. The summed E-state index contributed by atoms with van der Waals surface area (Å²) in [5, 5.41) is 0. The predicted octanol–water partition coefficient (Wildman–Crippen LogP) is 3.44. The molecule has 1 aliphatic heterocycles. The van der Waals surface area contributed by atoms with Crippen molar-refractivity contribution in [1.82, 2.24) is 4.90 Å². The lowest BCUT2D eigenvalue weighted by atomic mass is 9.84. The van der Waals surface area contributed by atoms with Crippen LogP contribution in [0, 0.1) is 5.92 Å². The van der Waals surface area contributed by atoms with Crippen molar-refractivity contribution >= 4 is 11.6 Å². The van der Waals surface area contributed by atoms with Gasteiger partial charge in [0.1, 0.15) is 0 Å². The Balaban J connectivity index is 1.57. The molecule has 1 aromatic rings. The van der Waals surface area contributed by atoms with Crippen molar-refractivity contribution in [1.29, 1.82) is 0 Å². The smallest absolute Gasteiger partial charge is 0.225 e. The summed E-state index contributed by atoms with van der Waals surface area (Å²) >= 11 is 0. The number of hydrogen-bond acceptors (Lipinski definition) is 2. The Kier molecular flexibility index (Phi) is 4.47. The second-order valence-electron chi connectivity index (χ2n) is 6.54. The minimum atomic E-state index is 0.294. The maximum absolute atomic E-state index is 12.2. The number of rotatable bonds is 4. The van der Waals surface area contributed by atoms with Crippen molar-refractivity contribution in [2.24, 2.45) is 5.92 Å². The molecule has 1 saturated heterocycles. The number of nitrogens with zero attached hydrogens (tertiary/aromatic N) is 2. The molecule has 0 atom stereocenters. The van der Waals surface area contributed by atoms with E-state index in [1.54, 1.807) is 0 Å². The van der Waals surface area contributed by atoms with Crippen LogP contribution in [0.25, 0.3) is 0 Å². The highest BCUT2D eigenvalue weighted by molar-refractivity contribution is 5.79. The molecule has 0 spiro atoms. The van der Waals surface area contributed by atoms with E-state index in [4.69, 9.17) is 0 Å². The van der Waals surface area contributed by atoms with Crippen molar-refractivity contribution in [2.45, 2.75) is 45.1 Å². The molecule has 3 heteroatoms. The van der Waals surface area contributed by atoms with Gasteiger partial charge >= 0.3 is 0 Å². The maximum Gasteiger partial charge on any atom is 0.225 e. The van der Waals surface area contributed by atoms with Crippen LogP contribution in [-0.4, -0.2) is 30.9 Å². The molecule has 114 valence electrons. The molecule has 1 aromatic carbocycles. The summed E-state index contributed by atoms with van der Waals surface area (Å²) in [6, 6.07) is 8.77. The number of carbonyl (C=O) groups is 1. The lowest BCUT2D eigenvalue weighted by Crippen LogP contribution is -2.35. The third kappa shape index (κ3) is 3.39. The van der Waals surface area contributed by atoms with Gasteiger partial charge in [0.25, 0.3) is 0 Å². The van der Waals surface area contributed by atoms with Gasteiger partial charge in [-0.1, -0.05) is 18.6 Å². The summed E-state index contributed by atoms with van der Waals surface area (Å²) < 4.78 is 0. The van der Waals surface area contributed by atoms with E-state index in [0.717, 1.165) is 19.4 Å². The van der Waals surface area contributed by atoms with Gasteiger partial charge in [0.05, 0.1) is 0 Å². The van der Waals surface area contributed by atoms with Gasteiger partial charge in [-0.3, -0.25) is 4.79 Å². The number of anilines is 1. The first kappa shape index (κ1) is 14.4. The summed E-state index contributed by atoms with van der Waals surface area (Å²) in [6.45, 7) is 3.09. The van der Waals surface area contributed by atoms with E-state index in [1.165, 1.54) is 50.0 Å². The van der Waals surface area contributed by atoms with Gasteiger partial charge in [-0.05, 0) is 49.8 Å². The van der Waals surface area contributed by atoms with Gasteiger partial charge < -0.3 is 9.80 Å². The van der Waals surface area contributed by atoms with Crippen molar-refractivity contribution in [3.05, 3.63) is 29.8 Å². The van der Waals surface area contributed by atoms with E-state index in [1.807, 2.05) is 11.9 Å². The minimum absolute atomic E-state index is 0.294. The number of benzene rings is 1. The average molecular weight is 286 g/mol. The lowest BCUT2D eigenvalue weighted by Gasteiger charge is -2.30. The van der Waals surface area contributed by atoms with E-state index >= 15 is 0 Å². The summed E-state index contributed by atoms with van der Waals surface area (Å²) in [4.78, 5) is 16.5. The molecular weight excluding hydrogens is 260 g/mol. The first-order chi connectivity index (χ1) is 10.2. The van der Waals surface area contributed by atoms with Crippen LogP contribution in [0.2, 0.25) is 0 Å². The fraction of sp³-hybridized carbons (Fsp3) is 0.611. The van der Waals surface area contributed by atoms with Crippen molar-refractivity contribution in [3.8, 4) is 0 Å². The Morgan fingerprint density at radius 3 is 2.33 bits per heavy atom. The van der Waals surface area contributed by atoms with Crippen LogP contribution >= 0.6 is 0 Å². The van der Waals surface area contributed by atoms with Gasteiger partial charge in [-0.25, -0.2) is 0 Å². The number of hydrogen-bond donors (Lipinski definition) is 0. The van der Waals surface area contributed by atoms with Crippen molar-refractivity contribution < 1.29 is 4.79 Å². The average Bonchev–Trinajstić information content (AvgIpc) is 2.47. The highest BCUT2D eigenvalue weighted by Gasteiger charge is 2.27. The molecule has 1 heterocycles. The summed E-state index contributed by atoms with van der Waals surface area (Å²) in [5.41, 5.74) is 2.55. The quantitative estimate of drug-likeness (QED) is 0.846. The zero-order chi connectivity index (χ0) is 14.7. The monoisotopic (exact) mass is 286 g/mol. The first-order valence-electron chi connectivity index (χ1n) is 8.33. The normalized spacial score (nSPS) is 19.2. The molecule has 2 fully saturated rings. The van der Waals surface area contributed by atoms with Crippen molar-refractivity contribution in [3.63, 3.8) is 0 Å². The fourth-order valence-corrected chi connectivity index (χ4v) is 3.28. The number of piperidine rings is 1. The van der Waals surface area contributed by atoms with Gasteiger partial charge in [0.2, 0.25) is 5.91 Å². The van der Waals surface area contributed by atoms with Gasteiger partial charge in [-0.15, -0.1) is 0 Å². The van der Waals surface area contributed by atoms with Gasteiger partial charge in [0.15, 0.2) is 0 Å². The SMILES string of the molecule is CN(Cc1ccc(N2CCCCC2)cc1)C(=O)C1CCC1. The Labute approximate surface area is 127 Å². The summed E-state index contributed by atoms with van der Waals surface area (Å²) in [6.07, 6.45) is 7.35. The first-order valence-corrected chi connectivity index (χ1v) is 8.33. The molecule has 0 bridgehead atoms. The molecule has 0 aromatic heterocycles. The molecular formula is C18H26N2O. The van der Waals surface area contributed by atoms with Crippen LogP contribution in [0.5, 0.6) is 0 Å². The fourth-order valence-electron chi connectivity index (χ4n) is 3.28. The molecule has 1 amide bonds. The molecule has 2 aliphatic rings. The minimum Gasteiger partial charge on any atom is -0.372 e. The molecule has 21 heavy (non-hydrogen) atoms. The number of amides is 1. The molecule has 0 radical (unpaired) electrons. The topological polar surface area (TPSA) is 23.6 Å². The molecule has 3 rings (SSSR count). The van der Waals surface area contributed by atoms with Crippen LogP contribution in [0.4, 0.5) is 5.69 Å². The Bertz CT molecular complexity index is 472. The Morgan fingerprint density at radius 2 is 1.76 bits per heavy atom. The lowest BCUT2D eigenvalue weighted by molar-refractivity contribution is -0.137. The summed E-state index contributed by atoms with van der Waals surface area (Å²) in [7, 11) is 1.93. The highest BCUT2D eigenvalue weighted by Crippen LogP contribution is 2.28. The van der Waals surface area contributed by atoms with Gasteiger partial charge in [0, 0.05) is 38.3 Å². The zero-order valence-corrected chi connectivity index (χ0v) is 13.1.